The Hall–Kier alpha value is -0.0800. The molecule has 0 fully saturated rings. The fourth-order valence-corrected chi connectivity index (χ4v) is 0.599. The van der Waals surface area contributed by atoms with Gasteiger partial charge in [0.15, 0.2) is 0 Å². The largest absolute Gasteiger partial charge is 0.380 e. The quantitative estimate of drug-likeness (QED) is 0.575. The van der Waals surface area contributed by atoms with Crippen LogP contribution in [-0.2, 0) is 4.74 Å². The van der Waals surface area contributed by atoms with Gasteiger partial charge in [-0.05, 0) is 12.8 Å². The second-order valence-corrected chi connectivity index (χ2v) is 2.60. The number of unbranched alkanes of at least 4 members (excludes halogenated alkanes) is 1. The molecule has 0 aliphatic carbocycles. The molecule has 10 heavy (non-hydrogen) atoms. The Bertz CT molecular complexity index is 66.3. The van der Waals surface area contributed by atoms with Crippen molar-refractivity contribution in [3.63, 3.8) is 0 Å². The van der Waals surface area contributed by atoms with E-state index in [0.717, 1.165) is 26.1 Å². The highest BCUT2D eigenvalue weighted by molar-refractivity contribution is 4.54. The van der Waals surface area contributed by atoms with E-state index in [1.54, 1.807) is 0 Å². The number of hydrogen-bond donors (Lipinski definition) is 1. The van der Waals surface area contributed by atoms with Gasteiger partial charge in [-0.1, -0.05) is 20.3 Å². The Morgan fingerprint density at radius 3 is 2.60 bits per heavy atom. The van der Waals surface area contributed by atoms with E-state index in [9.17, 15) is 0 Å². The molecule has 0 aromatic rings. The minimum atomic E-state index is 0.233. The molecule has 0 aromatic heterocycles. The predicted octanol–water partition coefficient (Wildman–Crippen LogP) is 1.54. The maximum atomic E-state index is 5.63. The number of ether oxygens (including phenoxy) is 1. The van der Waals surface area contributed by atoms with Gasteiger partial charge < -0.3 is 10.5 Å². The average molecular weight is 145 g/mol. The maximum Gasteiger partial charge on any atom is 0.0617 e. The molecule has 0 bridgehead atoms. The van der Waals surface area contributed by atoms with Crippen molar-refractivity contribution in [1.29, 1.82) is 0 Å². The van der Waals surface area contributed by atoms with Crippen LogP contribution in [-0.4, -0.2) is 19.3 Å². The smallest absolute Gasteiger partial charge is 0.0617 e. The standard InChI is InChI=1S/C8H19NO/c1-3-5-6-10-7-8(9)4-2/h8H,3-7,9H2,1-2H3/t8-/m1/s1. The van der Waals surface area contributed by atoms with Gasteiger partial charge in [-0.25, -0.2) is 0 Å². The summed E-state index contributed by atoms with van der Waals surface area (Å²) < 4.78 is 5.30. The molecule has 0 saturated carbocycles. The molecule has 2 heteroatoms. The van der Waals surface area contributed by atoms with Crippen molar-refractivity contribution in [2.45, 2.75) is 39.2 Å². The summed E-state index contributed by atoms with van der Waals surface area (Å²) in [6.07, 6.45) is 3.35. The fourth-order valence-electron chi connectivity index (χ4n) is 0.599. The second-order valence-electron chi connectivity index (χ2n) is 2.60. The van der Waals surface area contributed by atoms with Crippen LogP contribution < -0.4 is 5.73 Å². The van der Waals surface area contributed by atoms with Crippen LogP contribution in [0, 0.1) is 0 Å². The third kappa shape index (κ3) is 6.05. The first-order chi connectivity index (χ1) is 4.81. The Morgan fingerprint density at radius 1 is 1.40 bits per heavy atom. The van der Waals surface area contributed by atoms with E-state index in [0.29, 0.717) is 0 Å². The van der Waals surface area contributed by atoms with Gasteiger partial charge in [-0.15, -0.1) is 0 Å². The van der Waals surface area contributed by atoms with Gasteiger partial charge in [0.1, 0.15) is 0 Å². The van der Waals surface area contributed by atoms with Crippen LogP contribution >= 0.6 is 0 Å². The normalized spacial score (nSPS) is 13.5. The Kier molecular flexibility index (Phi) is 6.98. The summed E-state index contributed by atoms with van der Waals surface area (Å²) in [5.41, 5.74) is 5.63. The predicted molar refractivity (Wildman–Crippen MR) is 44.0 cm³/mol. The summed E-state index contributed by atoms with van der Waals surface area (Å²) >= 11 is 0. The topological polar surface area (TPSA) is 35.2 Å². The highest BCUT2D eigenvalue weighted by Crippen LogP contribution is 1.91. The van der Waals surface area contributed by atoms with Crippen molar-refractivity contribution in [3.8, 4) is 0 Å². The van der Waals surface area contributed by atoms with Crippen molar-refractivity contribution in [3.05, 3.63) is 0 Å². The lowest BCUT2D eigenvalue weighted by Gasteiger charge is -2.08. The second kappa shape index (κ2) is 7.03. The van der Waals surface area contributed by atoms with Gasteiger partial charge in [-0.3, -0.25) is 0 Å². The molecule has 0 aromatic carbocycles. The lowest BCUT2D eigenvalue weighted by Crippen LogP contribution is -2.25. The van der Waals surface area contributed by atoms with E-state index in [1.165, 1.54) is 6.42 Å². The van der Waals surface area contributed by atoms with Crippen molar-refractivity contribution >= 4 is 0 Å². The first-order valence-corrected chi connectivity index (χ1v) is 4.14. The molecule has 0 aliphatic heterocycles. The van der Waals surface area contributed by atoms with Crippen molar-refractivity contribution in [1.82, 2.24) is 0 Å². The van der Waals surface area contributed by atoms with E-state index in [-0.39, 0.29) is 6.04 Å². The van der Waals surface area contributed by atoms with Crippen molar-refractivity contribution in [2.75, 3.05) is 13.2 Å². The van der Waals surface area contributed by atoms with E-state index in [4.69, 9.17) is 10.5 Å². The summed E-state index contributed by atoms with van der Waals surface area (Å²) in [6.45, 7) is 5.82. The summed E-state index contributed by atoms with van der Waals surface area (Å²) in [5.74, 6) is 0. The minimum Gasteiger partial charge on any atom is -0.380 e. The van der Waals surface area contributed by atoms with Crippen LogP contribution in [0.1, 0.15) is 33.1 Å². The summed E-state index contributed by atoms with van der Waals surface area (Å²) in [5, 5.41) is 0. The molecule has 62 valence electrons. The first-order valence-electron chi connectivity index (χ1n) is 4.14. The SMILES string of the molecule is CCCCOC[C@H](N)CC. The molecule has 0 heterocycles. The lowest BCUT2D eigenvalue weighted by atomic mass is 10.3. The fraction of sp³-hybridized carbons (Fsp3) is 1.00. The van der Waals surface area contributed by atoms with Gasteiger partial charge in [0.2, 0.25) is 0 Å². The zero-order valence-corrected chi connectivity index (χ0v) is 7.10. The van der Waals surface area contributed by atoms with E-state index in [1.807, 2.05) is 0 Å². The zero-order chi connectivity index (χ0) is 7.82. The monoisotopic (exact) mass is 145 g/mol. The third-order valence-corrected chi connectivity index (χ3v) is 1.50. The highest BCUT2D eigenvalue weighted by Gasteiger charge is 1.96. The third-order valence-electron chi connectivity index (χ3n) is 1.50. The van der Waals surface area contributed by atoms with Gasteiger partial charge in [-0.2, -0.15) is 0 Å². The van der Waals surface area contributed by atoms with Gasteiger partial charge in [0.25, 0.3) is 0 Å². The highest BCUT2D eigenvalue weighted by atomic mass is 16.5. The minimum absolute atomic E-state index is 0.233. The van der Waals surface area contributed by atoms with Crippen LogP contribution in [0.3, 0.4) is 0 Å². The molecule has 2 nitrogen and oxygen atoms in total. The molecule has 0 saturated heterocycles. The number of nitrogens with two attached hydrogens (primary N) is 1. The van der Waals surface area contributed by atoms with Crippen LogP contribution in [0.25, 0.3) is 0 Å². The van der Waals surface area contributed by atoms with Crippen LogP contribution in [0.15, 0.2) is 0 Å². The Morgan fingerprint density at radius 2 is 2.10 bits per heavy atom. The van der Waals surface area contributed by atoms with Crippen LogP contribution in [0.2, 0.25) is 0 Å². The van der Waals surface area contributed by atoms with E-state index in [2.05, 4.69) is 13.8 Å². The van der Waals surface area contributed by atoms with Crippen molar-refractivity contribution in [2.24, 2.45) is 5.73 Å². The Balaban J connectivity index is 2.89. The molecule has 0 aliphatic rings. The number of rotatable bonds is 6. The Labute approximate surface area is 63.7 Å². The lowest BCUT2D eigenvalue weighted by molar-refractivity contribution is 0.117. The summed E-state index contributed by atoms with van der Waals surface area (Å²) in [7, 11) is 0. The first kappa shape index (κ1) is 9.92. The van der Waals surface area contributed by atoms with Gasteiger partial charge in [0.05, 0.1) is 6.61 Å². The summed E-state index contributed by atoms with van der Waals surface area (Å²) in [6, 6.07) is 0.233. The molecule has 0 spiro atoms. The van der Waals surface area contributed by atoms with Gasteiger partial charge >= 0.3 is 0 Å². The molecule has 0 unspecified atom stereocenters. The molecular weight excluding hydrogens is 126 g/mol. The maximum absolute atomic E-state index is 5.63. The zero-order valence-electron chi connectivity index (χ0n) is 7.10. The van der Waals surface area contributed by atoms with E-state index >= 15 is 0 Å². The average Bonchev–Trinajstić information content (AvgIpc) is 1.98. The van der Waals surface area contributed by atoms with Crippen molar-refractivity contribution < 1.29 is 4.74 Å². The van der Waals surface area contributed by atoms with E-state index < -0.39 is 0 Å². The molecular formula is C8H19NO. The summed E-state index contributed by atoms with van der Waals surface area (Å²) in [4.78, 5) is 0. The molecule has 0 radical (unpaired) electrons. The molecule has 1 atom stereocenters. The van der Waals surface area contributed by atoms with Crippen LogP contribution in [0.5, 0.6) is 0 Å². The molecule has 0 rings (SSSR count). The van der Waals surface area contributed by atoms with Gasteiger partial charge in [0, 0.05) is 12.6 Å². The van der Waals surface area contributed by atoms with Crippen LogP contribution in [0.4, 0.5) is 0 Å². The molecule has 0 amide bonds. The number of hydrogen-bond acceptors (Lipinski definition) is 2. The molecule has 2 N–H and O–H groups in total.